The summed E-state index contributed by atoms with van der Waals surface area (Å²) < 4.78 is 24.7. The van der Waals surface area contributed by atoms with E-state index in [0.29, 0.717) is 4.57 Å². The SMILES string of the molecule is CCC.Cc1cc(S(=O)(=O)CC2CC2)c(N)c(=O)n1C(=O)O. The maximum atomic E-state index is 12.1. The van der Waals surface area contributed by atoms with Gasteiger partial charge in [0.1, 0.15) is 5.69 Å². The van der Waals surface area contributed by atoms with Crippen LogP contribution in [0.2, 0.25) is 0 Å². The van der Waals surface area contributed by atoms with Gasteiger partial charge in [0.05, 0.1) is 10.6 Å². The van der Waals surface area contributed by atoms with Crippen LogP contribution < -0.4 is 11.3 Å². The molecule has 0 bridgehead atoms. The van der Waals surface area contributed by atoms with Crippen LogP contribution in [0.1, 0.15) is 38.8 Å². The highest BCUT2D eigenvalue weighted by molar-refractivity contribution is 7.91. The van der Waals surface area contributed by atoms with E-state index in [2.05, 4.69) is 13.8 Å². The Labute approximate surface area is 129 Å². The molecule has 1 aliphatic rings. The highest BCUT2D eigenvalue weighted by Crippen LogP contribution is 2.33. The third-order valence-corrected chi connectivity index (χ3v) is 4.99. The Balaban J connectivity index is 0.000000745. The molecule has 0 unspecified atom stereocenters. The number of nitrogen functional groups attached to an aromatic ring is 1. The van der Waals surface area contributed by atoms with Crippen molar-refractivity contribution in [1.82, 2.24) is 4.57 Å². The molecular weight excluding hydrogens is 308 g/mol. The number of pyridine rings is 1. The Morgan fingerprint density at radius 2 is 1.91 bits per heavy atom. The maximum Gasteiger partial charge on any atom is 0.418 e. The molecule has 7 nitrogen and oxygen atoms in total. The third-order valence-electron chi connectivity index (χ3n) is 3.07. The minimum Gasteiger partial charge on any atom is -0.464 e. The number of carbonyl (C=O) groups is 1. The molecule has 3 N–H and O–H groups in total. The summed E-state index contributed by atoms with van der Waals surface area (Å²) in [5.41, 5.74) is 3.98. The minimum atomic E-state index is -3.65. The summed E-state index contributed by atoms with van der Waals surface area (Å²) in [5.74, 6) is 0.0688. The lowest BCUT2D eigenvalue weighted by molar-refractivity contribution is 0.194. The summed E-state index contributed by atoms with van der Waals surface area (Å²) in [7, 11) is -3.65. The predicted molar refractivity (Wildman–Crippen MR) is 84.0 cm³/mol. The molecular formula is C14H22N2O5S. The molecule has 0 amide bonds. The quantitative estimate of drug-likeness (QED) is 0.873. The lowest BCUT2D eigenvalue weighted by Crippen LogP contribution is -2.31. The van der Waals surface area contributed by atoms with Gasteiger partial charge in [0.2, 0.25) is 0 Å². The monoisotopic (exact) mass is 330 g/mol. The molecule has 0 saturated heterocycles. The van der Waals surface area contributed by atoms with Crippen LogP contribution in [-0.4, -0.2) is 29.9 Å². The van der Waals surface area contributed by atoms with E-state index in [-0.39, 0.29) is 22.3 Å². The number of anilines is 1. The lowest BCUT2D eigenvalue weighted by Gasteiger charge is -2.11. The van der Waals surface area contributed by atoms with Gasteiger partial charge in [0.25, 0.3) is 5.56 Å². The number of aromatic nitrogens is 1. The average Bonchev–Trinajstić information content (AvgIpc) is 3.17. The Morgan fingerprint density at radius 1 is 1.41 bits per heavy atom. The van der Waals surface area contributed by atoms with Gasteiger partial charge >= 0.3 is 6.09 Å². The molecule has 1 saturated carbocycles. The van der Waals surface area contributed by atoms with Crippen LogP contribution in [0, 0.1) is 12.8 Å². The number of hydrogen-bond acceptors (Lipinski definition) is 5. The topological polar surface area (TPSA) is 119 Å². The molecule has 1 fully saturated rings. The van der Waals surface area contributed by atoms with Gasteiger partial charge in [-0.2, -0.15) is 0 Å². The van der Waals surface area contributed by atoms with Crippen LogP contribution in [0.3, 0.4) is 0 Å². The Morgan fingerprint density at radius 3 is 2.32 bits per heavy atom. The van der Waals surface area contributed by atoms with Crippen molar-refractivity contribution in [2.24, 2.45) is 5.92 Å². The molecule has 0 aliphatic heterocycles. The number of sulfone groups is 1. The zero-order chi connectivity index (χ0) is 17.1. The first kappa shape index (κ1) is 18.2. The van der Waals surface area contributed by atoms with Crippen molar-refractivity contribution in [3.05, 3.63) is 22.1 Å². The second-order valence-electron chi connectivity index (χ2n) is 5.42. The first-order valence-electron chi connectivity index (χ1n) is 7.13. The minimum absolute atomic E-state index is 0.0288. The number of nitrogens with two attached hydrogens (primary N) is 1. The van der Waals surface area contributed by atoms with Gasteiger partial charge in [-0.15, -0.1) is 0 Å². The van der Waals surface area contributed by atoms with Crippen LogP contribution in [0.25, 0.3) is 0 Å². The third kappa shape index (κ3) is 4.09. The standard InChI is InChI=1S/C11H14N2O5S.C3H8/c1-6-4-8(19(17,18)5-7-2-3-7)9(12)10(14)13(6)11(15)16;1-3-2/h4,7H,2-3,5,12H2,1H3,(H,15,16);3H2,1-2H3. The van der Waals surface area contributed by atoms with Crippen molar-refractivity contribution in [2.75, 3.05) is 11.5 Å². The largest absolute Gasteiger partial charge is 0.464 e. The Hall–Kier alpha value is -1.83. The van der Waals surface area contributed by atoms with Gasteiger partial charge < -0.3 is 10.8 Å². The summed E-state index contributed by atoms with van der Waals surface area (Å²) in [5, 5.41) is 8.88. The number of hydrogen-bond donors (Lipinski definition) is 2. The van der Waals surface area contributed by atoms with Crippen LogP contribution >= 0.6 is 0 Å². The maximum absolute atomic E-state index is 12.1. The van der Waals surface area contributed by atoms with Gasteiger partial charge in [-0.25, -0.2) is 17.8 Å². The molecule has 1 aromatic rings. The molecule has 2 rings (SSSR count). The summed E-state index contributed by atoms with van der Waals surface area (Å²) in [6.45, 7) is 5.60. The molecule has 0 spiro atoms. The Bertz CT molecular complexity index is 717. The molecule has 0 atom stereocenters. The summed E-state index contributed by atoms with van der Waals surface area (Å²) >= 11 is 0. The van der Waals surface area contributed by atoms with Crippen LogP contribution in [0.5, 0.6) is 0 Å². The van der Waals surface area contributed by atoms with Crippen molar-refractivity contribution >= 4 is 21.6 Å². The molecule has 1 aliphatic carbocycles. The predicted octanol–water partition coefficient (Wildman–Crippen LogP) is 1.87. The van der Waals surface area contributed by atoms with Crippen molar-refractivity contribution in [2.45, 2.75) is 44.9 Å². The Kier molecular flexibility index (Phi) is 5.76. The van der Waals surface area contributed by atoms with Crippen molar-refractivity contribution in [1.29, 1.82) is 0 Å². The average molecular weight is 330 g/mol. The van der Waals surface area contributed by atoms with Gasteiger partial charge in [0, 0.05) is 5.69 Å². The van der Waals surface area contributed by atoms with Crippen LogP contribution in [0.4, 0.5) is 10.5 Å². The van der Waals surface area contributed by atoms with Crippen molar-refractivity contribution < 1.29 is 18.3 Å². The molecule has 1 heterocycles. The van der Waals surface area contributed by atoms with E-state index >= 15 is 0 Å². The lowest BCUT2D eigenvalue weighted by atomic mass is 10.3. The van der Waals surface area contributed by atoms with Gasteiger partial charge in [-0.1, -0.05) is 20.3 Å². The molecule has 1 aromatic heterocycles. The van der Waals surface area contributed by atoms with Gasteiger partial charge in [-0.05, 0) is 31.7 Å². The zero-order valence-electron chi connectivity index (χ0n) is 13.0. The summed E-state index contributed by atoms with van der Waals surface area (Å²) in [6, 6.07) is 1.14. The molecule has 0 aromatic carbocycles. The second kappa shape index (κ2) is 6.95. The molecule has 8 heteroatoms. The summed E-state index contributed by atoms with van der Waals surface area (Å²) in [6.07, 6.45) is 1.47. The van der Waals surface area contributed by atoms with E-state index < -0.39 is 27.2 Å². The van der Waals surface area contributed by atoms with Crippen molar-refractivity contribution in [3.8, 4) is 0 Å². The number of rotatable bonds is 3. The zero-order valence-corrected chi connectivity index (χ0v) is 13.8. The molecule has 124 valence electrons. The fourth-order valence-electron chi connectivity index (χ4n) is 1.90. The van der Waals surface area contributed by atoms with E-state index in [1.165, 1.54) is 13.3 Å². The normalized spacial score (nSPS) is 14.1. The first-order chi connectivity index (χ1) is 10.2. The van der Waals surface area contributed by atoms with Gasteiger partial charge in [0.15, 0.2) is 9.84 Å². The summed E-state index contributed by atoms with van der Waals surface area (Å²) in [4.78, 5) is 22.4. The van der Waals surface area contributed by atoms with E-state index in [0.717, 1.165) is 18.9 Å². The van der Waals surface area contributed by atoms with Crippen LogP contribution in [-0.2, 0) is 9.84 Å². The van der Waals surface area contributed by atoms with E-state index in [9.17, 15) is 18.0 Å². The number of nitrogens with zero attached hydrogens (tertiary/aromatic N) is 1. The highest BCUT2D eigenvalue weighted by atomic mass is 32.2. The highest BCUT2D eigenvalue weighted by Gasteiger charge is 2.31. The van der Waals surface area contributed by atoms with Crippen molar-refractivity contribution in [3.63, 3.8) is 0 Å². The second-order valence-corrected chi connectivity index (χ2v) is 7.42. The van der Waals surface area contributed by atoms with E-state index in [1.54, 1.807) is 0 Å². The van der Waals surface area contributed by atoms with Crippen LogP contribution in [0.15, 0.2) is 15.8 Å². The number of aryl methyl sites for hydroxylation is 1. The fraction of sp³-hybridized carbons (Fsp3) is 0.571. The molecule has 0 radical (unpaired) electrons. The van der Waals surface area contributed by atoms with E-state index in [4.69, 9.17) is 10.8 Å². The van der Waals surface area contributed by atoms with Gasteiger partial charge in [-0.3, -0.25) is 4.79 Å². The smallest absolute Gasteiger partial charge is 0.418 e. The van der Waals surface area contributed by atoms with E-state index in [1.807, 2.05) is 0 Å². The molecule has 22 heavy (non-hydrogen) atoms. The fourth-order valence-corrected chi connectivity index (χ4v) is 3.80. The first-order valence-corrected chi connectivity index (χ1v) is 8.79. The number of carboxylic acid groups (broad SMARTS) is 1.